The SMILES string of the molecule is N#C/C(=C\c1cccc(OCc2ccccc2)c1)S(=O)(=O)c1ccccc1. The van der Waals surface area contributed by atoms with Gasteiger partial charge in [-0.05, 0) is 41.5 Å². The molecule has 0 amide bonds. The number of hydrogen-bond acceptors (Lipinski definition) is 4. The molecule has 0 atom stereocenters. The molecule has 0 aliphatic heterocycles. The van der Waals surface area contributed by atoms with Gasteiger partial charge in [-0.1, -0.05) is 60.7 Å². The van der Waals surface area contributed by atoms with Crippen LogP contribution in [0.15, 0.2) is 94.7 Å². The van der Waals surface area contributed by atoms with E-state index in [4.69, 9.17) is 4.74 Å². The molecule has 0 saturated heterocycles. The summed E-state index contributed by atoms with van der Waals surface area (Å²) in [5.41, 5.74) is 1.61. The smallest absolute Gasteiger partial charge is 0.216 e. The predicted molar refractivity (Wildman–Crippen MR) is 104 cm³/mol. The number of nitrogens with zero attached hydrogens (tertiary/aromatic N) is 1. The minimum absolute atomic E-state index is 0.0919. The summed E-state index contributed by atoms with van der Waals surface area (Å²) in [5, 5.41) is 9.38. The normalized spacial score (nSPS) is 11.6. The van der Waals surface area contributed by atoms with E-state index in [1.807, 2.05) is 30.3 Å². The van der Waals surface area contributed by atoms with E-state index in [2.05, 4.69) is 0 Å². The van der Waals surface area contributed by atoms with Gasteiger partial charge in [-0.25, -0.2) is 8.42 Å². The van der Waals surface area contributed by atoms with Crippen molar-refractivity contribution < 1.29 is 13.2 Å². The molecule has 3 rings (SSSR count). The van der Waals surface area contributed by atoms with Crippen LogP contribution in [0, 0.1) is 11.3 Å². The summed E-state index contributed by atoms with van der Waals surface area (Å²) < 4.78 is 31.0. The fourth-order valence-corrected chi connectivity index (χ4v) is 3.66. The molecule has 0 spiro atoms. The first kappa shape index (κ1) is 18.4. The van der Waals surface area contributed by atoms with Gasteiger partial charge in [0.1, 0.15) is 23.3 Å². The van der Waals surface area contributed by atoms with Gasteiger partial charge >= 0.3 is 0 Å². The van der Waals surface area contributed by atoms with E-state index < -0.39 is 9.84 Å². The molecule has 0 heterocycles. The second-order valence-corrected chi connectivity index (χ2v) is 7.70. The van der Waals surface area contributed by atoms with Gasteiger partial charge in [0.25, 0.3) is 0 Å². The molecule has 0 aromatic heterocycles. The summed E-state index contributed by atoms with van der Waals surface area (Å²) in [6.45, 7) is 0.404. The van der Waals surface area contributed by atoms with Gasteiger partial charge in [-0.3, -0.25) is 0 Å². The summed E-state index contributed by atoms with van der Waals surface area (Å²) in [4.78, 5) is -0.219. The average Bonchev–Trinajstić information content (AvgIpc) is 2.72. The Morgan fingerprint density at radius 3 is 2.26 bits per heavy atom. The maximum absolute atomic E-state index is 12.6. The lowest BCUT2D eigenvalue weighted by Crippen LogP contribution is -2.03. The van der Waals surface area contributed by atoms with Crippen LogP contribution in [0.2, 0.25) is 0 Å². The number of benzene rings is 3. The third kappa shape index (κ3) is 4.63. The standard InChI is InChI=1S/C22H17NO3S/c23-16-22(27(24,25)21-12-5-2-6-13-21)15-19-10-7-11-20(14-19)26-17-18-8-3-1-4-9-18/h1-15H,17H2/b22-15+. The maximum Gasteiger partial charge on any atom is 0.216 e. The Bertz CT molecular complexity index is 1080. The van der Waals surface area contributed by atoms with Crippen LogP contribution in [-0.2, 0) is 16.4 Å². The molecule has 4 nitrogen and oxygen atoms in total. The number of sulfone groups is 1. The van der Waals surface area contributed by atoms with Crippen molar-refractivity contribution in [1.82, 2.24) is 0 Å². The van der Waals surface area contributed by atoms with Gasteiger partial charge in [0, 0.05) is 0 Å². The Labute approximate surface area is 158 Å². The maximum atomic E-state index is 12.6. The van der Waals surface area contributed by atoms with Crippen molar-refractivity contribution in [2.75, 3.05) is 0 Å². The highest BCUT2D eigenvalue weighted by atomic mass is 32.2. The summed E-state index contributed by atoms with van der Waals surface area (Å²) in [6.07, 6.45) is 1.36. The Morgan fingerprint density at radius 1 is 0.926 bits per heavy atom. The Balaban J connectivity index is 1.84. The van der Waals surface area contributed by atoms with Gasteiger partial charge in [0.05, 0.1) is 4.90 Å². The number of rotatable bonds is 6. The summed E-state index contributed by atoms with van der Waals surface area (Å²) >= 11 is 0. The number of allylic oxidation sites excluding steroid dienone is 1. The second kappa shape index (κ2) is 8.35. The van der Waals surface area contributed by atoms with Crippen LogP contribution in [0.25, 0.3) is 6.08 Å². The molecule has 0 bridgehead atoms. The van der Waals surface area contributed by atoms with Gasteiger partial charge in [-0.2, -0.15) is 5.26 Å². The van der Waals surface area contributed by atoms with Crippen molar-refractivity contribution in [2.24, 2.45) is 0 Å². The average molecular weight is 375 g/mol. The lowest BCUT2D eigenvalue weighted by Gasteiger charge is -2.07. The van der Waals surface area contributed by atoms with E-state index in [1.54, 1.807) is 48.5 Å². The van der Waals surface area contributed by atoms with Gasteiger partial charge < -0.3 is 4.74 Å². The van der Waals surface area contributed by atoms with E-state index in [0.717, 1.165) is 5.56 Å². The minimum Gasteiger partial charge on any atom is -0.489 e. The molecule has 0 radical (unpaired) electrons. The molecule has 3 aromatic carbocycles. The molecule has 0 saturated carbocycles. The second-order valence-electron chi connectivity index (χ2n) is 5.78. The van der Waals surface area contributed by atoms with Crippen LogP contribution in [0.3, 0.4) is 0 Å². The third-order valence-corrected chi connectivity index (χ3v) is 5.54. The molecule has 134 valence electrons. The molecule has 3 aromatic rings. The van der Waals surface area contributed by atoms with E-state index in [0.29, 0.717) is 17.9 Å². The van der Waals surface area contributed by atoms with Gasteiger partial charge in [0.2, 0.25) is 9.84 Å². The summed E-state index contributed by atoms with van der Waals surface area (Å²) in [7, 11) is -3.86. The third-order valence-electron chi connectivity index (χ3n) is 3.86. The van der Waals surface area contributed by atoms with Crippen molar-refractivity contribution in [2.45, 2.75) is 11.5 Å². The zero-order valence-corrected chi connectivity index (χ0v) is 15.3. The molecular formula is C22H17NO3S. The highest BCUT2D eigenvalue weighted by Gasteiger charge is 2.20. The van der Waals surface area contributed by atoms with E-state index in [9.17, 15) is 13.7 Å². The number of hydrogen-bond donors (Lipinski definition) is 0. The summed E-state index contributed by atoms with van der Waals surface area (Å²) in [6, 6.07) is 26.4. The molecule has 27 heavy (non-hydrogen) atoms. The fourth-order valence-electron chi connectivity index (χ4n) is 2.48. The lowest BCUT2D eigenvalue weighted by molar-refractivity contribution is 0.306. The van der Waals surface area contributed by atoms with Crippen molar-refractivity contribution in [3.05, 3.63) is 101 Å². The number of nitriles is 1. The van der Waals surface area contributed by atoms with Crippen molar-refractivity contribution >= 4 is 15.9 Å². The van der Waals surface area contributed by atoms with E-state index in [-0.39, 0.29) is 9.80 Å². The van der Waals surface area contributed by atoms with E-state index in [1.165, 1.54) is 18.2 Å². The molecule has 5 heteroatoms. The fraction of sp³-hybridized carbons (Fsp3) is 0.0455. The highest BCUT2D eigenvalue weighted by molar-refractivity contribution is 7.95. The Kier molecular flexibility index (Phi) is 5.70. The largest absolute Gasteiger partial charge is 0.489 e. The van der Waals surface area contributed by atoms with Crippen LogP contribution in [-0.4, -0.2) is 8.42 Å². The zero-order valence-electron chi connectivity index (χ0n) is 14.4. The quantitative estimate of drug-likeness (QED) is 0.590. The minimum atomic E-state index is -3.86. The molecule has 0 fully saturated rings. The Hall–Kier alpha value is -3.36. The topological polar surface area (TPSA) is 67.2 Å². The molecule has 0 unspecified atom stereocenters. The molecular weight excluding hydrogens is 358 g/mol. The first-order valence-corrected chi connectivity index (χ1v) is 9.76. The molecule has 0 aliphatic carbocycles. The van der Waals surface area contributed by atoms with Crippen LogP contribution in [0.4, 0.5) is 0 Å². The van der Waals surface area contributed by atoms with Crippen LogP contribution in [0.1, 0.15) is 11.1 Å². The van der Waals surface area contributed by atoms with Crippen molar-refractivity contribution in [3.8, 4) is 11.8 Å². The zero-order chi connectivity index (χ0) is 19.1. The van der Waals surface area contributed by atoms with Crippen LogP contribution in [0.5, 0.6) is 5.75 Å². The van der Waals surface area contributed by atoms with Gasteiger partial charge in [-0.15, -0.1) is 0 Å². The highest BCUT2D eigenvalue weighted by Crippen LogP contribution is 2.23. The number of ether oxygens (including phenoxy) is 1. The molecule has 0 N–H and O–H groups in total. The monoisotopic (exact) mass is 375 g/mol. The first-order chi connectivity index (χ1) is 13.1. The first-order valence-electron chi connectivity index (χ1n) is 8.28. The van der Waals surface area contributed by atoms with E-state index >= 15 is 0 Å². The molecule has 0 aliphatic rings. The predicted octanol–water partition coefficient (Wildman–Crippen LogP) is 4.60. The van der Waals surface area contributed by atoms with Crippen molar-refractivity contribution in [3.63, 3.8) is 0 Å². The lowest BCUT2D eigenvalue weighted by atomic mass is 10.2. The van der Waals surface area contributed by atoms with Gasteiger partial charge in [0.15, 0.2) is 0 Å². The van der Waals surface area contributed by atoms with Crippen LogP contribution >= 0.6 is 0 Å². The summed E-state index contributed by atoms with van der Waals surface area (Å²) in [5.74, 6) is 0.599. The van der Waals surface area contributed by atoms with Crippen LogP contribution < -0.4 is 4.74 Å². The van der Waals surface area contributed by atoms with Crippen molar-refractivity contribution in [1.29, 1.82) is 5.26 Å². The Morgan fingerprint density at radius 2 is 1.59 bits per heavy atom.